The van der Waals surface area contributed by atoms with Gasteiger partial charge >= 0.3 is 0 Å². The average molecular weight is 328 g/mol. The number of H-pyrrole nitrogens is 1. The van der Waals surface area contributed by atoms with Crippen molar-refractivity contribution in [1.82, 2.24) is 20.5 Å². The molecule has 0 aliphatic heterocycles. The molecule has 23 heavy (non-hydrogen) atoms. The molecule has 0 saturated heterocycles. The number of amides is 1. The summed E-state index contributed by atoms with van der Waals surface area (Å²) in [7, 11) is 0. The number of carbonyl (C=O) groups excluding carboxylic acids is 1. The third-order valence-electron chi connectivity index (χ3n) is 4.64. The maximum absolute atomic E-state index is 12.1. The summed E-state index contributed by atoms with van der Waals surface area (Å²) in [6, 6.07) is 10.5. The van der Waals surface area contributed by atoms with E-state index < -0.39 is 0 Å². The molecule has 2 N–H and O–H groups in total. The summed E-state index contributed by atoms with van der Waals surface area (Å²) >= 11 is 1.40. The summed E-state index contributed by atoms with van der Waals surface area (Å²) in [6.45, 7) is 0.720. The van der Waals surface area contributed by atoms with Gasteiger partial charge in [0.05, 0.1) is 5.75 Å². The molecule has 120 valence electrons. The number of nitrogens with one attached hydrogen (secondary N) is 2. The minimum Gasteiger partial charge on any atom is -0.354 e. The molecule has 2 saturated carbocycles. The molecule has 1 amide bonds. The van der Waals surface area contributed by atoms with Gasteiger partial charge in [0, 0.05) is 17.9 Å². The number of carbonyl (C=O) groups is 1. The van der Waals surface area contributed by atoms with Gasteiger partial charge in [-0.05, 0) is 31.2 Å². The van der Waals surface area contributed by atoms with Gasteiger partial charge in [0.2, 0.25) is 11.1 Å². The summed E-state index contributed by atoms with van der Waals surface area (Å²) in [5.74, 6) is 1.95. The van der Waals surface area contributed by atoms with Gasteiger partial charge in [-0.1, -0.05) is 42.1 Å². The molecule has 2 aliphatic carbocycles. The molecule has 6 heteroatoms. The maximum atomic E-state index is 12.1. The maximum Gasteiger partial charge on any atom is 0.230 e. The molecule has 5 nitrogen and oxygen atoms in total. The molecular formula is C17H20N4OS. The van der Waals surface area contributed by atoms with Crippen LogP contribution in [0.1, 0.15) is 43.0 Å². The van der Waals surface area contributed by atoms with Crippen LogP contribution in [0, 0.1) is 0 Å². The minimum absolute atomic E-state index is 0.0509. The fourth-order valence-electron chi connectivity index (χ4n) is 2.82. The Balaban J connectivity index is 1.25. The predicted molar refractivity (Wildman–Crippen MR) is 89.4 cm³/mol. The Labute approximate surface area is 139 Å². The van der Waals surface area contributed by atoms with Crippen molar-refractivity contribution < 1.29 is 4.79 Å². The number of thioether (sulfide) groups is 1. The van der Waals surface area contributed by atoms with Crippen molar-refractivity contribution in [3.8, 4) is 0 Å². The first kappa shape index (κ1) is 14.8. The molecular weight excluding hydrogens is 308 g/mol. The van der Waals surface area contributed by atoms with Crippen LogP contribution in [0.2, 0.25) is 0 Å². The topological polar surface area (TPSA) is 70.7 Å². The predicted octanol–water partition coefficient (Wildman–Crippen LogP) is 2.62. The molecule has 0 radical (unpaired) electrons. The van der Waals surface area contributed by atoms with Gasteiger partial charge in [0.25, 0.3) is 0 Å². The Hall–Kier alpha value is -1.82. The Morgan fingerprint density at radius 3 is 2.78 bits per heavy atom. The highest BCUT2D eigenvalue weighted by molar-refractivity contribution is 7.99. The van der Waals surface area contributed by atoms with Crippen LogP contribution in [0.25, 0.3) is 0 Å². The lowest BCUT2D eigenvalue weighted by Gasteiger charge is -2.16. The second-order valence-electron chi connectivity index (χ2n) is 6.49. The van der Waals surface area contributed by atoms with E-state index in [-0.39, 0.29) is 11.3 Å². The van der Waals surface area contributed by atoms with Gasteiger partial charge in [-0.25, -0.2) is 4.98 Å². The van der Waals surface area contributed by atoms with E-state index in [0.717, 1.165) is 25.2 Å². The molecule has 4 rings (SSSR count). The van der Waals surface area contributed by atoms with Gasteiger partial charge < -0.3 is 5.32 Å². The van der Waals surface area contributed by atoms with Crippen LogP contribution in [-0.2, 0) is 10.2 Å². The number of aromatic amines is 1. The van der Waals surface area contributed by atoms with Crippen molar-refractivity contribution in [2.45, 2.75) is 42.2 Å². The van der Waals surface area contributed by atoms with Crippen LogP contribution in [0.5, 0.6) is 0 Å². The van der Waals surface area contributed by atoms with Gasteiger partial charge in [-0.2, -0.15) is 0 Å². The monoisotopic (exact) mass is 328 g/mol. The highest BCUT2D eigenvalue weighted by Crippen LogP contribution is 2.47. The van der Waals surface area contributed by atoms with Gasteiger partial charge in [0.1, 0.15) is 5.82 Å². The number of benzene rings is 1. The van der Waals surface area contributed by atoms with E-state index in [9.17, 15) is 4.79 Å². The fraction of sp³-hybridized carbons (Fsp3) is 0.471. The smallest absolute Gasteiger partial charge is 0.230 e. The van der Waals surface area contributed by atoms with Crippen LogP contribution in [0.15, 0.2) is 35.5 Å². The van der Waals surface area contributed by atoms with E-state index >= 15 is 0 Å². The first-order valence-electron chi connectivity index (χ1n) is 8.12. The number of aromatic nitrogens is 3. The van der Waals surface area contributed by atoms with Crippen LogP contribution in [-0.4, -0.2) is 33.4 Å². The van der Waals surface area contributed by atoms with E-state index in [1.54, 1.807) is 0 Å². The Bertz CT molecular complexity index is 692. The molecule has 0 spiro atoms. The standard InChI is InChI=1S/C17H20N4OS/c22-14(10-23-16-19-15(20-21-16)12-6-7-12)18-11-17(8-9-17)13-4-2-1-3-5-13/h1-5,12H,6-11H2,(H,18,22)(H,19,20,21). The summed E-state index contributed by atoms with van der Waals surface area (Å²) in [5.41, 5.74) is 1.49. The number of hydrogen-bond acceptors (Lipinski definition) is 4. The van der Waals surface area contributed by atoms with E-state index in [4.69, 9.17) is 0 Å². The van der Waals surface area contributed by atoms with Gasteiger partial charge in [0.15, 0.2) is 0 Å². The molecule has 0 unspecified atom stereocenters. The second kappa shape index (κ2) is 6.00. The molecule has 0 bridgehead atoms. The van der Waals surface area contributed by atoms with Crippen molar-refractivity contribution in [2.24, 2.45) is 0 Å². The Morgan fingerprint density at radius 2 is 2.09 bits per heavy atom. The quantitative estimate of drug-likeness (QED) is 0.767. The number of hydrogen-bond donors (Lipinski definition) is 2. The lowest BCUT2D eigenvalue weighted by atomic mass is 9.96. The zero-order valence-electron chi connectivity index (χ0n) is 12.9. The van der Waals surface area contributed by atoms with Crippen LogP contribution in [0.4, 0.5) is 0 Å². The third kappa shape index (κ3) is 3.42. The van der Waals surface area contributed by atoms with E-state index in [0.29, 0.717) is 16.8 Å². The highest BCUT2D eigenvalue weighted by atomic mass is 32.2. The normalized spacial score (nSPS) is 18.6. The lowest BCUT2D eigenvalue weighted by molar-refractivity contribution is -0.118. The van der Waals surface area contributed by atoms with Crippen molar-refractivity contribution in [3.05, 3.63) is 41.7 Å². The number of rotatable bonds is 7. The van der Waals surface area contributed by atoms with Gasteiger partial charge in [-0.15, -0.1) is 5.10 Å². The zero-order valence-corrected chi connectivity index (χ0v) is 13.7. The highest BCUT2D eigenvalue weighted by Gasteiger charge is 2.44. The van der Waals surface area contributed by atoms with Gasteiger partial charge in [-0.3, -0.25) is 9.89 Å². The molecule has 2 aromatic rings. The molecule has 1 heterocycles. The molecule has 0 atom stereocenters. The van der Waals surface area contributed by atoms with Crippen LogP contribution >= 0.6 is 11.8 Å². The average Bonchev–Trinajstić information content (AvgIpc) is 3.51. The van der Waals surface area contributed by atoms with E-state index in [2.05, 4.69) is 44.8 Å². The third-order valence-corrected chi connectivity index (χ3v) is 5.49. The summed E-state index contributed by atoms with van der Waals surface area (Å²) in [4.78, 5) is 16.5. The summed E-state index contributed by atoms with van der Waals surface area (Å²) in [5, 5.41) is 10.9. The molecule has 2 aliphatic rings. The lowest BCUT2D eigenvalue weighted by Crippen LogP contribution is -2.33. The second-order valence-corrected chi connectivity index (χ2v) is 7.43. The van der Waals surface area contributed by atoms with E-state index in [1.165, 1.54) is 30.2 Å². The largest absolute Gasteiger partial charge is 0.354 e. The Kier molecular flexibility index (Phi) is 3.85. The molecule has 2 fully saturated rings. The van der Waals surface area contributed by atoms with Crippen LogP contribution < -0.4 is 5.32 Å². The molecule has 1 aromatic carbocycles. The van der Waals surface area contributed by atoms with E-state index in [1.807, 2.05) is 6.07 Å². The summed E-state index contributed by atoms with van der Waals surface area (Å²) < 4.78 is 0. The van der Waals surface area contributed by atoms with Crippen molar-refractivity contribution in [3.63, 3.8) is 0 Å². The van der Waals surface area contributed by atoms with Crippen molar-refractivity contribution in [2.75, 3.05) is 12.3 Å². The van der Waals surface area contributed by atoms with Crippen molar-refractivity contribution >= 4 is 17.7 Å². The first-order chi connectivity index (χ1) is 11.3. The van der Waals surface area contributed by atoms with Crippen LogP contribution in [0.3, 0.4) is 0 Å². The number of nitrogens with zero attached hydrogens (tertiary/aromatic N) is 2. The molecule has 1 aromatic heterocycles. The Morgan fingerprint density at radius 1 is 1.30 bits per heavy atom. The fourth-order valence-corrected chi connectivity index (χ4v) is 3.46. The zero-order chi connectivity index (χ0) is 15.7. The first-order valence-corrected chi connectivity index (χ1v) is 9.11. The minimum atomic E-state index is 0.0509. The summed E-state index contributed by atoms with van der Waals surface area (Å²) in [6.07, 6.45) is 4.69. The van der Waals surface area contributed by atoms with Crippen molar-refractivity contribution in [1.29, 1.82) is 0 Å². The SMILES string of the molecule is O=C(CSc1n[nH]c(C2CC2)n1)NCC1(c2ccccc2)CC1.